The number of allylic oxidation sites excluding steroid dienone is 1. The molecule has 158 valence electrons. The Hall–Kier alpha value is -3.27. The van der Waals surface area contributed by atoms with Crippen molar-refractivity contribution in [1.29, 1.82) is 0 Å². The average Bonchev–Trinajstić information content (AvgIpc) is 2.69. The number of thiocarbonyl (C=S) groups is 1. The molecule has 0 saturated heterocycles. The highest BCUT2D eigenvalue weighted by molar-refractivity contribution is 7.80. The van der Waals surface area contributed by atoms with Crippen molar-refractivity contribution in [3.8, 4) is 11.5 Å². The minimum atomic E-state index is -3.01. The quantitative estimate of drug-likeness (QED) is 0.596. The molecule has 30 heavy (non-hydrogen) atoms. The van der Waals surface area contributed by atoms with Gasteiger partial charge in [-0.2, -0.15) is 8.78 Å². The zero-order chi connectivity index (χ0) is 21.8. The number of carbonyl (C=O) groups excluding carboxylic acids is 1. The van der Waals surface area contributed by atoms with E-state index in [2.05, 4.69) is 20.7 Å². The number of carbonyl (C=O) groups is 1. The van der Waals surface area contributed by atoms with Crippen LogP contribution in [-0.2, 0) is 4.79 Å². The molecule has 0 fully saturated rings. The Morgan fingerprint density at radius 1 is 1.17 bits per heavy atom. The van der Waals surface area contributed by atoms with Crippen LogP contribution in [0.3, 0.4) is 0 Å². The summed E-state index contributed by atoms with van der Waals surface area (Å²) < 4.78 is 47.9. The molecule has 1 amide bonds. The fourth-order valence-electron chi connectivity index (χ4n) is 3.03. The van der Waals surface area contributed by atoms with E-state index in [1.54, 1.807) is 6.92 Å². The van der Waals surface area contributed by atoms with Gasteiger partial charge in [0.25, 0.3) is 5.91 Å². The third kappa shape index (κ3) is 4.82. The van der Waals surface area contributed by atoms with Gasteiger partial charge in [-0.05, 0) is 61.1 Å². The molecule has 2 aromatic rings. The number of halogens is 3. The molecule has 0 unspecified atom stereocenters. The van der Waals surface area contributed by atoms with Crippen LogP contribution >= 0.6 is 12.2 Å². The minimum Gasteiger partial charge on any atom is -0.493 e. The molecule has 0 aliphatic carbocycles. The van der Waals surface area contributed by atoms with Gasteiger partial charge in [0, 0.05) is 11.4 Å². The Morgan fingerprint density at radius 3 is 2.50 bits per heavy atom. The summed E-state index contributed by atoms with van der Waals surface area (Å²) in [5.74, 6) is -0.926. The zero-order valence-electron chi connectivity index (χ0n) is 16.0. The van der Waals surface area contributed by atoms with Crippen molar-refractivity contribution in [3.05, 3.63) is 65.1 Å². The lowest BCUT2D eigenvalue weighted by molar-refractivity contribution is -0.113. The van der Waals surface area contributed by atoms with E-state index in [0.29, 0.717) is 27.6 Å². The van der Waals surface area contributed by atoms with Crippen molar-refractivity contribution in [1.82, 2.24) is 10.6 Å². The van der Waals surface area contributed by atoms with Gasteiger partial charge in [-0.3, -0.25) is 4.79 Å². The molecule has 0 saturated carbocycles. The van der Waals surface area contributed by atoms with Crippen LogP contribution < -0.4 is 25.4 Å². The topological polar surface area (TPSA) is 71.6 Å². The summed E-state index contributed by atoms with van der Waals surface area (Å²) in [6, 6.07) is 9.00. The van der Waals surface area contributed by atoms with E-state index in [9.17, 15) is 18.0 Å². The lowest BCUT2D eigenvalue weighted by atomic mass is 9.94. The maximum atomic E-state index is 13.1. The van der Waals surface area contributed by atoms with Crippen molar-refractivity contribution in [2.24, 2.45) is 0 Å². The van der Waals surface area contributed by atoms with Crippen molar-refractivity contribution in [3.63, 3.8) is 0 Å². The number of amides is 1. The highest BCUT2D eigenvalue weighted by atomic mass is 32.1. The van der Waals surface area contributed by atoms with Gasteiger partial charge in [0.1, 0.15) is 5.82 Å². The highest BCUT2D eigenvalue weighted by Gasteiger charge is 2.30. The van der Waals surface area contributed by atoms with E-state index < -0.39 is 24.4 Å². The molecular weight excluding hydrogens is 419 g/mol. The van der Waals surface area contributed by atoms with Gasteiger partial charge in [-0.15, -0.1) is 0 Å². The Balaban J connectivity index is 1.95. The van der Waals surface area contributed by atoms with Crippen LogP contribution in [0.4, 0.5) is 18.9 Å². The normalized spacial score (nSPS) is 16.1. The molecule has 0 bridgehead atoms. The molecule has 3 N–H and O–H groups in total. The van der Waals surface area contributed by atoms with Crippen LogP contribution in [0.2, 0.25) is 0 Å². The highest BCUT2D eigenvalue weighted by Crippen LogP contribution is 2.35. The summed E-state index contributed by atoms with van der Waals surface area (Å²) in [5.41, 5.74) is 1.78. The van der Waals surface area contributed by atoms with Crippen molar-refractivity contribution in [2.75, 3.05) is 12.4 Å². The second-order valence-corrected chi connectivity index (χ2v) is 6.73. The lowest BCUT2D eigenvalue weighted by Gasteiger charge is -2.30. The molecule has 6 nitrogen and oxygen atoms in total. The van der Waals surface area contributed by atoms with Crippen LogP contribution in [0.5, 0.6) is 11.5 Å². The molecule has 2 aromatic carbocycles. The molecular formula is C20H18F3N3O3S. The smallest absolute Gasteiger partial charge is 0.387 e. The van der Waals surface area contributed by atoms with Crippen molar-refractivity contribution >= 4 is 28.9 Å². The fraction of sp³-hybridized carbons (Fsp3) is 0.200. The first kappa shape index (κ1) is 21.4. The van der Waals surface area contributed by atoms with E-state index >= 15 is 0 Å². The first-order valence-electron chi connectivity index (χ1n) is 8.76. The van der Waals surface area contributed by atoms with Crippen molar-refractivity contribution < 1.29 is 27.4 Å². The van der Waals surface area contributed by atoms with E-state index in [4.69, 9.17) is 17.0 Å². The maximum Gasteiger partial charge on any atom is 0.387 e. The Bertz CT molecular complexity index is 997. The fourth-order valence-corrected chi connectivity index (χ4v) is 3.30. The number of hydrogen-bond acceptors (Lipinski definition) is 4. The lowest BCUT2D eigenvalue weighted by Crippen LogP contribution is -2.45. The first-order chi connectivity index (χ1) is 14.3. The second-order valence-electron chi connectivity index (χ2n) is 6.32. The van der Waals surface area contributed by atoms with Crippen molar-refractivity contribution in [2.45, 2.75) is 19.6 Å². The number of alkyl halides is 2. The predicted molar refractivity (Wildman–Crippen MR) is 109 cm³/mol. The van der Waals surface area contributed by atoms with E-state index in [0.717, 1.165) is 0 Å². The largest absolute Gasteiger partial charge is 0.493 e. The Kier molecular flexibility index (Phi) is 6.46. The summed E-state index contributed by atoms with van der Waals surface area (Å²) in [5, 5.41) is 8.89. The average molecular weight is 437 g/mol. The molecule has 1 aliphatic rings. The number of anilines is 1. The monoisotopic (exact) mass is 437 g/mol. The molecule has 1 aliphatic heterocycles. The molecule has 0 radical (unpaired) electrons. The molecule has 3 rings (SSSR count). The number of rotatable bonds is 6. The zero-order valence-corrected chi connectivity index (χ0v) is 16.8. The minimum absolute atomic E-state index is 0.0787. The number of hydrogen-bond donors (Lipinski definition) is 3. The third-order valence-corrected chi connectivity index (χ3v) is 4.57. The number of benzene rings is 2. The van der Waals surface area contributed by atoms with Gasteiger partial charge in [0.2, 0.25) is 0 Å². The molecule has 10 heteroatoms. The van der Waals surface area contributed by atoms with Gasteiger partial charge in [-0.25, -0.2) is 4.39 Å². The predicted octanol–water partition coefficient (Wildman–Crippen LogP) is 3.87. The third-order valence-electron chi connectivity index (χ3n) is 4.35. The standard InChI is InChI=1S/C20H18F3N3O3S/c1-10-16(18(27)25-13-6-4-12(21)5-7-13)17(26-20(30)24-10)11-3-8-14(29-19(22)23)15(9-11)28-2/h3-9,17,19H,1-2H3,(H,25,27)(H2,24,26,30)/t17-/m1/s1. The summed E-state index contributed by atoms with van der Waals surface area (Å²) >= 11 is 5.20. The molecule has 1 atom stereocenters. The number of nitrogens with one attached hydrogen (secondary N) is 3. The van der Waals surface area contributed by atoms with E-state index in [1.165, 1.54) is 49.6 Å². The first-order valence-corrected chi connectivity index (χ1v) is 9.17. The van der Waals surface area contributed by atoms with Gasteiger partial charge in [0.05, 0.1) is 18.7 Å². The van der Waals surface area contributed by atoms with Crippen LogP contribution in [0.25, 0.3) is 0 Å². The summed E-state index contributed by atoms with van der Waals surface area (Å²) in [7, 11) is 1.32. The van der Waals surface area contributed by atoms with Gasteiger partial charge >= 0.3 is 6.61 Å². The van der Waals surface area contributed by atoms with Gasteiger partial charge in [0.15, 0.2) is 16.6 Å². The number of ether oxygens (including phenoxy) is 2. The molecule has 1 heterocycles. The Labute approximate surface area is 176 Å². The summed E-state index contributed by atoms with van der Waals surface area (Å²) in [6.07, 6.45) is 0. The summed E-state index contributed by atoms with van der Waals surface area (Å²) in [4.78, 5) is 13.0. The second kappa shape index (κ2) is 9.04. The SMILES string of the molecule is COc1cc([C@H]2NC(=S)NC(C)=C2C(=O)Nc2ccc(F)cc2)ccc1OC(F)F. The molecule has 0 aromatic heterocycles. The van der Waals surface area contributed by atoms with Gasteiger partial charge < -0.3 is 25.4 Å². The van der Waals surface area contributed by atoms with Gasteiger partial charge in [-0.1, -0.05) is 6.07 Å². The van der Waals surface area contributed by atoms with E-state index in [1.807, 2.05) is 0 Å². The maximum absolute atomic E-state index is 13.1. The van der Waals surface area contributed by atoms with Crippen LogP contribution in [-0.4, -0.2) is 24.7 Å². The van der Waals surface area contributed by atoms with E-state index in [-0.39, 0.29) is 11.5 Å². The molecule has 0 spiro atoms. The number of methoxy groups -OCH3 is 1. The van der Waals surface area contributed by atoms with Crippen LogP contribution in [0.15, 0.2) is 53.7 Å². The summed E-state index contributed by atoms with van der Waals surface area (Å²) in [6.45, 7) is -1.32. The van der Waals surface area contributed by atoms with Crippen LogP contribution in [0, 0.1) is 5.82 Å². The van der Waals surface area contributed by atoms with Crippen LogP contribution in [0.1, 0.15) is 18.5 Å². The Morgan fingerprint density at radius 2 is 1.87 bits per heavy atom.